The lowest BCUT2D eigenvalue weighted by atomic mass is 10.2. The number of halogens is 1. The van der Waals surface area contributed by atoms with Crippen molar-refractivity contribution in [3.05, 3.63) is 33.3 Å². The molecule has 0 spiro atoms. The van der Waals surface area contributed by atoms with E-state index in [9.17, 15) is 18.5 Å². The van der Waals surface area contributed by atoms with E-state index >= 15 is 0 Å². The number of rotatable bonds is 5. The number of nitrogens with one attached hydrogen (secondary N) is 2. The molecule has 0 amide bonds. The van der Waals surface area contributed by atoms with Crippen LogP contribution in [-0.2, 0) is 10.0 Å². The second kappa shape index (κ2) is 6.04. The van der Waals surface area contributed by atoms with E-state index in [0.717, 1.165) is 25.5 Å². The molecular formula is C11H14ClN3O4S. The lowest BCUT2D eigenvalue weighted by Gasteiger charge is -2.12. The molecule has 0 radical (unpaired) electrons. The lowest BCUT2D eigenvalue weighted by Crippen LogP contribution is -2.37. The summed E-state index contributed by atoms with van der Waals surface area (Å²) in [5.74, 6) is 0. The van der Waals surface area contributed by atoms with Crippen molar-refractivity contribution in [2.45, 2.75) is 23.8 Å². The summed E-state index contributed by atoms with van der Waals surface area (Å²) in [5.41, 5.74) is -0.311. The van der Waals surface area contributed by atoms with Gasteiger partial charge in [-0.25, -0.2) is 13.1 Å². The van der Waals surface area contributed by atoms with Gasteiger partial charge in [0.15, 0.2) is 0 Å². The van der Waals surface area contributed by atoms with Gasteiger partial charge in [0.05, 0.1) is 9.95 Å². The van der Waals surface area contributed by atoms with Gasteiger partial charge in [-0.05, 0) is 25.5 Å². The molecule has 0 aromatic heterocycles. The van der Waals surface area contributed by atoms with E-state index in [0.29, 0.717) is 0 Å². The van der Waals surface area contributed by atoms with Gasteiger partial charge in [0.25, 0.3) is 5.69 Å². The average molecular weight is 320 g/mol. The number of non-ortho nitro benzene ring substituents is 1. The number of sulfonamides is 1. The van der Waals surface area contributed by atoms with Crippen molar-refractivity contribution in [1.82, 2.24) is 10.0 Å². The molecule has 0 bridgehead atoms. The van der Waals surface area contributed by atoms with Gasteiger partial charge in [0.2, 0.25) is 10.0 Å². The minimum atomic E-state index is -3.86. The maximum atomic E-state index is 12.1. The van der Waals surface area contributed by atoms with E-state index in [2.05, 4.69) is 10.0 Å². The van der Waals surface area contributed by atoms with Crippen LogP contribution in [0.5, 0.6) is 0 Å². The number of nitro groups is 1. The summed E-state index contributed by atoms with van der Waals surface area (Å²) in [5, 5.41) is 13.8. The van der Waals surface area contributed by atoms with Gasteiger partial charge < -0.3 is 5.32 Å². The fourth-order valence-corrected chi connectivity index (χ4v) is 3.63. The first-order chi connectivity index (χ1) is 9.40. The summed E-state index contributed by atoms with van der Waals surface area (Å²) in [7, 11) is -3.86. The molecule has 7 nitrogen and oxygen atoms in total. The largest absolute Gasteiger partial charge is 0.313 e. The molecule has 1 aromatic rings. The molecule has 2 rings (SSSR count). The highest BCUT2D eigenvalue weighted by molar-refractivity contribution is 7.89. The summed E-state index contributed by atoms with van der Waals surface area (Å²) < 4.78 is 26.7. The Balaban J connectivity index is 2.19. The summed E-state index contributed by atoms with van der Waals surface area (Å²) in [6, 6.07) is 3.43. The molecule has 1 aliphatic rings. The SMILES string of the molecule is O=[N+]([O-])c1ccc(Cl)c(S(=O)(=O)NCC2CCCN2)c1. The highest BCUT2D eigenvalue weighted by Crippen LogP contribution is 2.26. The monoisotopic (exact) mass is 319 g/mol. The Morgan fingerprint density at radius 3 is 2.85 bits per heavy atom. The van der Waals surface area contributed by atoms with Gasteiger partial charge in [0.1, 0.15) is 4.90 Å². The highest BCUT2D eigenvalue weighted by atomic mass is 35.5. The lowest BCUT2D eigenvalue weighted by molar-refractivity contribution is -0.385. The van der Waals surface area contributed by atoms with Crippen LogP contribution >= 0.6 is 11.6 Å². The zero-order valence-electron chi connectivity index (χ0n) is 10.5. The zero-order valence-corrected chi connectivity index (χ0v) is 12.1. The summed E-state index contributed by atoms with van der Waals surface area (Å²) in [6.07, 6.45) is 1.90. The molecule has 1 heterocycles. The van der Waals surface area contributed by atoms with Crippen molar-refractivity contribution in [2.24, 2.45) is 0 Å². The van der Waals surface area contributed by atoms with Gasteiger partial charge >= 0.3 is 0 Å². The van der Waals surface area contributed by atoms with Gasteiger partial charge in [0, 0.05) is 24.7 Å². The molecule has 20 heavy (non-hydrogen) atoms. The standard InChI is InChI=1S/C11H14ClN3O4S/c12-10-4-3-9(15(16)17)6-11(10)20(18,19)14-7-8-2-1-5-13-8/h3-4,6,8,13-14H,1-2,5,7H2. The van der Waals surface area contributed by atoms with E-state index < -0.39 is 14.9 Å². The third-order valence-electron chi connectivity index (χ3n) is 3.10. The Labute approximate surface area is 121 Å². The fraction of sp³-hybridized carbons (Fsp3) is 0.455. The Morgan fingerprint density at radius 1 is 1.50 bits per heavy atom. The minimum Gasteiger partial charge on any atom is -0.313 e. The quantitative estimate of drug-likeness (QED) is 0.629. The van der Waals surface area contributed by atoms with Crippen LogP contribution in [0.1, 0.15) is 12.8 Å². The Kier molecular flexibility index (Phi) is 4.59. The van der Waals surface area contributed by atoms with Crippen molar-refractivity contribution in [1.29, 1.82) is 0 Å². The number of hydrogen-bond acceptors (Lipinski definition) is 5. The van der Waals surface area contributed by atoms with E-state index in [1.54, 1.807) is 0 Å². The molecule has 1 fully saturated rings. The van der Waals surface area contributed by atoms with E-state index in [4.69, 9.17) is 11.6 Å². The zero-order chi connectivity index (χ0) is 14.8. The van der Waals surface area contributed by atoms with Crippen molar-refractivity contribution in [3.63, 3.8) is 0 Å². The molecule has 1 unspecified atom stereocenters. The smallest absolute Gasteiger partial charge is 0.270 e. The average Bonchev–Trinajstić information content (AvgIpc) is 2.89. The highest BCUT2D eigenvalue weighted by Gasteiger charge is 2.23. The first kappa shape index (κ1) is 15.2. The second-order valence-corrected chi connectivity index (χ2v) is 6.66. The van der Waals surface area contributed by atoms with Crippen molar-refractivity contribution >= 4 is 27.3 Å². The maximum absolute atomic E-state index is 12.1. The van der Waals surface area contributed by atoms with E-state index in [1.807, 2.05) is 0 Å². The minimum absolute atomic E-state index is 0.0394. The topological polar surface area (TPSA) is 101 Å². The predicted octanol–water partition coefficient (Wildman–Crippen LogP) is 1.28. The Hall–Kier alpha value is -1.22. The first-order valence-corrected chi connectivity index (χ1v) is 7.93. The molecule has 9 heteroatoms. The van der Waals surface area contributed by atoms with Crippen molar-refractivity contribution < 1.29 is 13.3 Å². The van der Waals surface area contributed by atoms with E-state index in [1.165, 1.54) is 12.1 Å². The molecule has 1 aromatic carbocycles. The summed E-state index contributed by atoms with van der Waals surface area (Å²) in [4.78, 5) is 9.76. The fourth-order valence-electron chi connectivity index (χ4n) is 2.03. The number of nitrogens with zero attached hydrogens (tertiary/aromatic N) is 1. The van der Waals surface area contributed by atoms with Crippen LogP contribution < -0.4 is 10.0 Å². The van der Waals surface area contributed by atoms with Crippen LogP contribution in [0, 0.1) is 10.1 Å². The molecular weight excluding hydrogens is 306 g/mol. The molecule has 110 valence electrons. The summed E-state index contributed by atoms with van der Waals surface area (Å²) in [6.45, 7) is 1.10. The first-order valence-electron chi connectivity index (χ1n) is 6.07. The molecule has 0 saturated carbocycles. The Morgan fingerprint density at radius 2 is 2.25 bits per heavy atom. The molecule has 1 aliphatic heterocycles. The predicted molar refractivity (Wildman–Crippen MR) is 74.3 cm³/mol. The van der Waals surface area contributed by atoms with Gasteiger partial charge in [-0.15, -0.1) is 0 Å². The molecule has 2 N–H and O–H groups in total. The van der Waals surface area contributed by atoms with E-state index in [-0.39, 0.29) is 28.2 Å². The molecule has 1 atom stereocenters. The third kappa shape index (κ3) is 3.45. The van der Waals surface area contributed by atoms with Crippen molar-refractivity contribution in [2.75, 3.05) is 13.1 Å². The van der Waals surface area contributed by atoms with Gasteiger partial charge in [-0.3, -0.25) is 10.1 Å². The Bertz CT molecular complexity index is 614. The van der Waals surface area contributed by atoms with Crippen LogP contribution in [0.3, 0.4) is 0 Å². The maximum Gasteiger partial charge on any atom is 0.270 e. The van der Waals surface area contributed by atoms with Crippen LogP contribution in [0.4, 0.5) is 5.69 Å². The third-order valence-corrected chi connectivity index (χ3v) is 5.00. The normalized spacial score (nSPS) is 19.1. The number of hydrogen-bond donors (Lipinski definition) is 2. The van der Waals surface area contributed by atoms with Gasteiger partial charge in [-0.2, -0.15) is 0 Å². The second-order valence-electron chi connectivity index (χ2n) is 4.52. The van der Waals surface area contributed by atoms with Gasteiger partial charge in [-0.1, -0.05) is 11.6 Å². The van der Waals surface area contributed by atoms with Crippen LogP contribution in [0.25, 0.3) is 0 Å². The molecule has 0 aliphatic carbocycles. The van der Waals surface area contributed by atoms with Crippen LogP contribution in [-0.4, -0.2) is 32.5 Å². The number of benzene rings is 1. The summed E-state index contributed by atoms with van der Waals surface area (Å²) >= 11 is 5.82. The number of nitro benzene ring substituents is 1. The van der Waals surface area contributed by atoms with Crippen LogP contribution in [0.15, 0.2) is 23.1 Å². The van der Waals surface area contributed by atoms with Crippen LogP contribution in [0.2, 0.25) is 5.02 Å². The van der Waals surface area contributed by atoms with Crippen molar-refractivity contribution in [3.8, 4) is 0 Å². The molecule has 1 saturated heterocycles.